The van der Waals surface area contributed by atoms with Crippen molar-refractivity contribution in [2.24, 2.45) is 11.8 Å². The Bertz CT molecular complexity index is 317. The van der Waals surface area contributed by atoms with Crippen LogP contribution in [0.4, 0.5) is 0 Å². The Balaban J connectivity index is 2.70. The average molecular weight is 300 g/mol. The summed E-state index contributed by atoms with van der Waals surface area (Å²) in [6.45, 7) is 0. The zero-order chi connectivity index (χ0) is 15.7. The number of carboxylic acids is 2. The second kappa shape index (κ2) is 9.77. The third-order valence-electron chi connectivity index (χ3n) is 4.54. The van der Waals surface area contributed by atoms with Crippen molar-refractivity contribution in [3.05, 3.63) is 0 Å². The van der Waals surface area contributed by atoms with E-state index in [0.717, 1.165) is 38.5 Å². The van der Waals surface area contributed by atoms with Gasteiger partial charge in [0.05, 0.1) is 5.92 Å². The minimum Gasteiger partial charge on any atom is -0.481 e. The molecule has 2 unspecified atom stereocenters. The lowest BCUT2D eigenvalue weighted by Crippen LogP contribution is -2.39. The molecule has 3 N–H and O–H groups in total. The van der Waals surface area contributed by atoms with E-state index in [0.29, 0.717) is 12.8 Å². The van der Waals surface area contributed by atoms with E-state index in [1.165, 1.54) is 19.3 Å². The Morgan fingerprint density at radius 1 is 0.714 bits per heavy atom. The Morgan fingerprint density at radius 2 is 1.10 bits per heavy atom. The largest absolute Gasteiger partial charge is 0.481 e. The molecule has 1 fully saturated rings. The van der Waals surface area contributed by atoms with Crippen molar-refractivity contribution in [3.63, 3.8) is 0 Å². The number of carbonyl (C=O) groups is 2. The van der Waals surface area contributed by atoms with Crippen LogP contribution in [-0.2, 0) is 9.59 Å². The molecular formula is C16H28O5. The summed E-state index contributed by atoms with van der Waals surface area (Å²) in [4.78, 5) is 22.3. The topological polar surface area (TPSA) is 94.8 Å². The minimum absolute atomic E-state index is 0.243. The van der Waals surface area contributed by atoms with E-state index in [1.54, 1.807) is 0 Å². The average Bonchev–Trinajstić information content (AvgIpc) is 2.41. The molecule has 1 rings (SSSR count). The second-order valence-corrected chi connectivity index (χ2v) is 6.17. The first kappa shape index (κ1) is 18.0. The first-order chi connectivity index (χ1) is 10.0. The maximum absolute atomic E-state index is 11.4. The highest BCUT2D eigenvalue weighted by Gasteiger charge is 2.37. The molecule has 21 heavy (non-hydrogen) atoms. The fourth-order valence-electron chi connectivity index (χ4n) is 3.30. The number of aliphatic hydroxyl groups is 1. The monoisotopic (exact) mass is 300 g/mol. The quantitative estimate of drug-likeness (QED) is 0.741. The number of hydrogen-bond acceptors (Lipinski definition) is 3. The SMILES string of the molecule is O=C(O)C(O)C(C(=O)O)C1CCCCCCCCCCC1. The fraction of sp³-hybridized carbons (Fsp3) is 0.875. The highest BCUT2D eigenvalue weighted by molar-refractivity contribution is 5.81. The fourth-order valence-corrected chi connectivity index (χ4v) is 3.30. The molecule has 122 valence electrons. The lowest BCUT2D eigenvalue weighted by atomic mass is 9.80. The van der Waals surface area contributed by atoms with Crippen molar-refractivity contribution in [2.45, 2.75) is 76.7 Å². The Hall–Kier alpha value is -1.10. The zero-order valence-electron chi connectivity index (χ0n) is 12.7. The van der Waals surface area contributed by atoms with Crippen LogP contribution >= 0.6 is 0 Å². The van der Waals surface area contributed by atoms with Gasteiger partial charge in [-0.1, -0.05) is 57.8 Å². The van der Waals surface area contributed by atoms with E-state index in [9.17, 15) is 19.8 Å². The summed E-state index contributed by atoms with van der Waals surface area (Å²) in [5.41, 5.74) is 0. The Morgan fingerprint density at radius 3 is 1.43 bits per heavy atom. The van der Waals surface area contributed by atoms with E-state index in [-0.39, 0.29) is 5.92 Å². The molecule has 5 nitrogen and oxygen atoms in total. The third-order valence-corrected chi connectivity index (χ3v) is 4.54. The van der Waals surface area contributed by atoms with Crippen LogP contribution in [0.2, 0.25) is 0 Å². The summed E-state index contributed by atoms with van der Waals surface area (Å²) < 4.78 is 0. The van der Waals surface area contributed by atoms with Gasteiger partial charge in [0.2, 0.25) is 0 Å². The van der Waals surface area contributed by atoms with Crippen LogP contribution in [-0.4, -0.2) is 33.4 Å². The van der Waals surface area contributed by atoms with Crippen LogP contribution in [0.25, 0.3) is 0 Å². The van der Waals surface area contributed by atoms with Crippen molar-refractivity contribution in [3.8, 4) is 0 Å². The summed E-state index contributed by atoms with van der Waals surface area (Å²) >= 11 is 0. The molecule has 0 bridgehead atoms. The minimum atomic E-state index is -1.81. The molecule has 0 heterocycles. The number of aliphatic hydroxyl groups excluding tert-OH is 1. The Labute approximate surface area is 126 Å². The van der Waals surface area contributed by atoms with Crippen molar-refractivity contribution < 1.29 is 24.9 Å². The Kier molecular flexibility index (Phi) is 8.35. The maximum Gasteiger partial charge on any atom is 0.333 e. The summed E-state index contributed by atoms with van der Waals surface area (Å²) in [7, 11) is 0. The van der Waals surface area contributed by atoms with Gasteiger partial charge < -0.3 is 15.3 Å². The molecule has 1 aliphatic carbocycles. The molecule has 0 radical (unpaired) electrons. The molecule has 0 aromatic carbocycles. The maximum atomic E-state index is 11.4. The molecular weight excluding hydrogens is 272 g/mol. The van der Waals surface area contributed by atoms with E-state index in [2.05, 4.69) is 0 Å². The molecule has 0 aliphatic heterocycles. The van der Waals surface area contributed by atoms with Gasteiger partial charge in [-0.3, -0.25) is 4.79 Å². The van der Waals surface area contributed by atoms with E-state index in [1.807, 2.05) is 0 Å². The van der Waals surface area contributed by atoms with Gasteiger partial charge in [-0.2, -0.15) is 0 Å². The molecule has 5 heteroatoms. The van der Waals surface area contributed by atoms with Gasteiger partial charge in [-0.25, -0.2) is 4.79 Å². The normalized spacial score (nSPS) is 22.5. The summed E-state index contributed by atoms with van der Waals surface area (Å²) in [6, 6.07) is 0. The van der Waals surface area contributed by atoms with Crippen molar-refractivity contribution in [2.75, 3.05) is 0 Å². The molecule has 1 aliphatic rings. The molecule has 0 aromatic rings. The van der Waals surface area contributed by atoms with E-state index in [4.69, 9.17) is 5.11 Å². The molecule has 0 aromatic heterocycles. The number of carboxylic acid groups (broad SMARTS) is 2. The smallest absolute Gasteiger partial charge is 0.333 e. The lowest BCUT2D eigenvalue weighted by Gasteiger charge is -2.26. The number of hydrogen-bond donors (Lipinski definition) is 3. The third kappa shape index (κ3) is 6.46. The molecule has 0 amide bonds. The van der Waals surface area contributed by atoms with Gasteiger partial charge in [-0.15, -0.1) is 0 Å². The van der Waals surface area contributed by atoms with Crippen molar-refractivity contribution in [1.82, 2.24) is 0 Å². The zero-order valence-corrected chi connectivity index (χ0v) is 12.7. The van der Waals surface area contributed by atoms with Gasteiger partial charge in [0, 0.05) is 0 Å². The second-order valence-electron chi connectivity index (χ2n) is 6.17. The summed E-state index contributed by atoms with van der Waals surface area (Å²) in [6.07, 6.45) is 9.59. The van der Waals surface area contributed by atoms with Gasteiger partial charge >= 0.3 is 11.9 Å². The lowest BCUT2D eigenvalue weighted by molar-refractivity contribution is -0.162. The predicted molar refractivity (Wildman–Crippen MR) is 79.0 cm³/mol. The summed E-state index contributed by atoms with van der Waals surface area (Å²) in [5, 5.41) is 28.0. The van der Waals surface area contributed by atoms with Crippen LogP contribution < -0.4 is 0 Å². The molecule has 0 spiro atoms. The number of rotatable bonds is 4. The van der Waals surface area contributed by atoms with Crippen molar-refractivity contribution >= 4 is 11.9 Å². The standard InChI is InChI=1S/C16H28O5/c17-14(16(20)21)13(15(18)19)12-10-8-6-4-2-1-3-5-7-9-11-12/h12-14,17H,1-11H2,(H,18,19)(H,20,21). The van der Waals surface area contributed by atoms with Crippen molar-refractivity contribution in [1.29, 1.82) is 0 Å². The van der Waals surface area contributed by atoms with Gasteiger partial charge in [0.25, 0.3) is 0 Å². The number of aliphatic carboxylic acids is 2. The van der Waals surface area contributed by atoms with Crippen LogP contribution in [0.5, 0.6) is 0 Å². The highest BCUT2D eigenvalue weighted by Crippen LogP contribution is 2.29. The molecule has 1 saturated carbocycles. The predicted octanol–water partition coefficient (Wildman–Crippen LogP) is 3.05. The van der Waals surface area contributed by atoms with Crippen LogP contribution in [0.15, 0.2) is 0 Å². The summed E-state index contributed by atoms with van der Waals surface area (Å²) in [5.74, 6) is -4.06. The van der Waals surface area contributed by atoms with E-state index < -0.39 is 24.0 Å². The molecule has 2 atom stereocenters. The van der Waals surface area contributed by atoms with Crippen LogP contribution in [0, 0.1) is 11.8 Å². The van der Waals surface area contributed by atoms with Gasteiger partial charge in [-0.05, 0) is 18.8 Å². The van der Waals surface area contributed by atoms with Gasteiger partial charge in [0.1, 0.15) is 0 Å². The highest BCUT2D eigenvalue weighted by atomic mass is 16.4. The van der Waals surface area contributed by atoms with E-state index >= 15 is 0 Å². The van der Waals surface area contributed by atoms with Gasteiger partial charge in [0.15, 0.2) is 6.10 Å². The first-order valence-corrected chi connectivity index (χ1v) is 8.17. The molecule has 0 saturated heterocycles. The first-order valence-electron chi connectivity index (χ1n) is 8.17. The van der Waals surface area contributed by atoms with Crippen LogP contribution in [0.3, 0.4) is 0 Å². The van der Waals surface area contributed by atoms with Crippen LogP contribution in [0.1, 0.15) is 70.6 Å².